The predicted molar refractivity (Wildman–Crippen MR) is 55.7 cm³/mol. The molecular formula is C11H23NO. The number of hydrogen-bond donors (Lipinski definition) is 2. The van der Waals surface area contributed by atoms with E-state index in [0.717, 1.165) is 25.3 Å². The van der Waals surface area contributed by atoms with E-state index < -0.39 is 0 Å². The van der Waals surface area contributed by atoms with Crippen molar-refractivity contribution in [2.75, 3.05) is 6.54 Å². The van der Waals surface area contributed by atoms with Gasteiger partial charge in [-0.2, -0.15) is 0 Å². The summed E-state index contributed by atoms with van der Waals surface area (Å²) in [7, 11) is 0. The van der Waals surface area contributed by atoms with E-state index >= 15 is 0 Å². The van der Waals surface area contributed by atoms with Crippen LogP contribution in [0.25, 0.3) is 0 Å². The molecule has 2 nitrogen and oxygen atoms in total. The van der Waals surface area contributed by atoms with Crippen molar-refractivity contribution in [3.63, 3.8) is 0 Å². The highest BCUT2D eigenvalue weighted by molar-refractivity contribution is 4.85. The molecule has 1 aliphatic carbocycles. The number of aliphatic hydroxyl groups excluding tert-OH is 1. The van der Waals surface area contributed by atoms with Gasteiger partial charge in [-0.1, -0.05) is 13.8 Å². The van der Waals surface area contributed by atoms with E-state index in [0.29, 0.717) is 6.04 Å². The summed E-state index contributed by atoms with van der Waals surface area (Å²) in [5.74, 6) is 0.934. The van der Waals surface area contributed by atoms with Gasteiger partial charge in [0, 0.05) is 6.04 Å². The van der Waals surface area contributed by atoms with Crippen LogP contribution in [0.5, 0.6) is 0 Å². The normalized spacial score (nSPS) is 21.5. The van der Waals surface area contributed by atoms with Crippen molar-refractivity contribution in [1.29, 1.82) is 0 Å². The van der Waals surface area contributed by atoms with Gasteiger partial charge in [0.2, 0.25) is 0 Å². The highest BCUT2D eigenvalue weighted by Gasteiger charge is 2.29. The maximum absolute atomic E-state index is 9.36. The lowest BCUT2D eigenvalue weighted by Gasteiger charge is -2.17. The van der Waals surface area contributed by atoms with Gasteiger partial charge in [0.25, 0.3) is 0 Å². The fourth-order valence-corrected chi connectivity index (χ4v) is 1.78. The summed E-state index contributed by atoms with van der Waals surface area (Å²) in [5, 5.41) is 12.9. The Bertz CT molecular complexity index is 134. The average molecular weight is 185 g/mol. The molecular weight excluding hydrogens is 162 g/mol. The standard InChI is InChI=1S/C11H23NO/c1-3-10(13)7-8-12-11(4-2)9-5-6-9/h9-13H,3-8H2,1-2H3. The minimum Gasteiger partial charge on any atom is -0.393 e. The van der Waals surface area contributed by atoms with Crippen LogP contribution in [0.15, 0.2) is 0 Å². The molecule has 2 unspecified atom stereocenters. The van der Waals surface area contributed by atoms with E-state index in [4.69, 9.17) is 0 Å². The molecule has 0 spiro atoms. The second-order valence-corrected chi connectivity index (χ2v) is 4.16. The molecule has 0 heterocycles. The predicted octanol–water partition coefficient (Wildman–Crippen LogP) is 1.93. The maximum Gasteiger partial charge on any atom is 0.0549 e. The monoisotopic (exact) mass is 185 g/mol. The first-order valence-corrected chi connectivity index (χ1v) is 5.69. The molecule has 0 aliphatic heterocycles. The van der Waals surface area contributed by atoms with Gasteiger partial charge in [-0.3, -0.25) is 0 Å². The molecule has 0 aromatic rings. The molecule has 1 rings (SSSR count). The maximum atomic E-state index is 9.36. The van der Waals surface area contributed by atoms with Crippen molar-refractivity contribution < 1.29 is 5.11 Å². The Balaban J connectivity index is 2.02. The summed E-state index contributed by atoms with van der Waals surface area (Å²) in [6.45, 7) is 5.25. The quantitative estimate of drug-likeness (QED) is 0.635. The topological polar surface area (TPSA) is 32.3 Å². The largest absolute Gasteiger partial charge is 0.393 e. The average Bonchev–Trinajstić information content (AvgIpc) is 2.95. The molecule has 2 N–H and O–H groups in total. The van der Waals surface area contributed by atoms with Crippen molar-refractivity contribution in [2.24, 2.45) is 5.92 Å². The number of hydrogen-bond acceptors (Lipinski definition) is 2. The van der Waals surface area contributed by atoms with Crippen LogP contribution in [0.4, 0.5) is 0 Å². The second kappa shape index (κ2) is 5.61. The van der Waals surface area contributed by atoms with Gasteiger partial charge in [0.05, 0.1) is 6.10 Å². The van der Waals surface area contributed by atoms with Crippen molar-refractivity contribution >= 4 is 0 Å². The zero-order valence-corrected chi connectivity index (χ0v) is 8.92. The molecule has 2 atom stereocenters. The SMILES string of the molecule is CCC(O)CCNC(CC)C1CC1. The highest BCUT2D eigenvalue weighted by atomic mass is 16.3. The number of aliphatic hydroxyl groups is 1. The van der Waals surface area contributed by atoms with Crippen LogP contribution in [0.3, 0.4) is 0 Å². The molecule has 0 saturated heterocycles. The van der Waals surface area contributed by atoms with E-state index in [-0.39, 0.29) is 6.10 Å². The molecule has 0 aromatic heterocycles. The van der Waals surface area contributed by atoms with Crippen LogP contribution in [0, 0.1) is 5.92 Å². The molecule has 78 valence electrons. The van der Waals surface area contributed by atoms with E-state index in [1.54, 1.807) is 0 Å². The first kappa shape index (κ1) is 11.0. The Morgan fingerprint density at radius 2 is 2.00 bits per heavy atom. The first-order chi connectivity index (χ1) is 6.27. The molecule has 0 bridgehead atoms. The first-order valence-electron chi connectivity index (χ1n) is 5.69. The minimum absolute atomic E-state index is 0.107. The number of rotatable bonds is 7. The van der Waals surface area contributed by atoms with Gasteiger partial charge in [0.1, 0.15) is 0 Å². The van der Waals surface area contributed by atoms with Crippen LogP contribution in [-0.4, -0.2) is 23.8 Å². The summed E-state index contributed by atoms with van der Waals surface area (Å²) in [6, 6.07) is 0.712. The third kappa shape index (κ3) is 4.10. The van der Waals surface area contributed by atoms with Crippen molar-refractivity contribution in [3.8, 4) is 0 Å². The van der Waals surface area contributed by atoms with Crippen LogP contribution in [-0.2, 0) is 0 Å². The smallest absolute Gasteiger partial charge is 0.0549 e. The molecule has 0 amide bonds. The van der Waals surface area contributed by atoms with Crippen LogP contribution in [0.1, 0.15) is 46.0 Å². The minimum atomic E-state index is -0.107. The van der Waals surface area contributed by atoms with Crippen LogP contribution >= 0.6 is 0 Å². The summed E-state index contributed by atoms with van der Waals surface area (Å²) < 4.78 is 0. The molecule has 0 radical (unpaired) electrons. The number of nitrogens with one attached hydrogen (secondary N) is 1. The lowest BCUT2D eigenvalue weighted by atomic mass is 10.1. The Hall–Kier alpha value is -0.0800. The summed E-state index contributed by atoms with van der Waals surface area (Å²) in [6.07, 6.45) is 5.71. The van der Waals surface area contributed by atoms with E-state index in [9.17, 15) is 5.11 Å². The Morgan fingerprint density at radius 3 is 2.46 bits per heavy atom. The Morgan fingerprint density at radius 1 is 1.31 bits per heavy atom. The molecule has 1 saturated carbocycles. The zero-order valence-electron chi connectivity index (χ0n) is 8.92. The van der Waals surface area contributed by atoms with E-state index in [1.807, 2.05) is 6.92 Å². The van der Waals surface area contributed by atoms with E-state index in [1.165, 1.54) is 19.3 Å². The van der Waals surface area contributed by atoms with Gasteiger partial charge in [-0.15, -0.1) is 0 Å². The Kier molecular flexibility index (Phi) is 4.74. The van der Waals surface area contributed by atoms with Gasteiger partial charge in [-0.25, -0.2) is 0 Å². The van der Waals surface area contributed by atoms with Crippen molar-refractivity contribution in [1.82, 2.24) is 5.32 Å². The third-order valence-corrected chi connectivity index (χ3v) is 2.99. The van der Waals surface area contributed by atoms with Crippen LogP contribution < -0.4 is 5.32 Å². The molecule has 1 fully saturated rings. The summed E-state index contributed by atoms with van der Waals surface area (Å²) in [5.41, 5.74) is 0. The lowest BCUT2D eigenvalue weighted by Crippen LogP contribution is -2.32. The fraction of sp³-hybridized carbons (Fsp3) is 1.00. The summed E-state index contributed by atoms with van der Waals surface area (Å²) in [4.78, 5) is 0. The summed E-state index contributed by atoms with van der Waals surface area (Å²) >= 11 is 0. The highest BCUT2D eigenvalue weighted by Crippen LogP contribution is 2.33. The Labute approximate surface area is 81.7 Å². The van der Waals surface area contributed by atoms with Crippen molar-refractivity contribution in [2.45, 2.75) is 58.1 Å². The van der Waals surface area contributed by atoms with Gasteiger partial charge in [0.15, 0.2) is 0 Å². The second-order valence-electron chi connectivity index (χ2n) is 4.16. The van der Waals surface area contributed by atoms with Gasteiger partial charge >= 0.3 is 0 Å². The van der Waals surface area contributed by atoms with Crippen molar-refractivity contribution in [3.05, 3.63) is 0 Å². The molecule has 0 aromatic carbocycles. The third-order valence-electron chi connectivity index (χ3n) is 2.99. The van der Waals surface area contributed by atoms with Gasteiger partial charge in [-0.05, 0) is 44.6 Å². The molecule has 1 aliphatic rings. The fourth-order valence-electron chi connectivity index (χ4n) is 1.78. The van der Waals surface area contributed by atoms with E-state index in [2.05, 4.69) is 12.2 Å². The lowest BCUT2D eigenvalue weighted by molar-refractivity contribution is 0.158. The van der Waals surface area contributed by atoms with Crippen LogP contribution in [0.2, 0.25) is 0 Å². The zero-order chi connectivity index (χ0) is 9.68. The molecule has 2 heteroatoms. The molecule has 13 heavy (non-hydrogen) atoms. The van der Waals surface area contributed by atoms with Gasteiger partial charge < -0.3 is 10.4 Å².